The molecular weight excluding hydrogens is 407 g/mol. The Balaban J connectivity index is 0.00000289. The van der Waals surface area contributed by atoms with E-state index in [1.165, 1.54) is 0 Å². The molecule has 3 N–H and O–H groups in total. The molecule has 18 heavy (non-hydrogen) atoms. The number of rotatable bonds is 4. The van der Waals surface area contributed by atoms with Crippen LogP contribution in [-0.4, -0.2) is 21.0 Å². The van der Waals surface area contributed by atoms with Crippen molar-refractivity contribution >= 4 is 54.3 Å². The minimum Gasteiger partial charge on any atom is -0.329 e. The minimum absolute atomic E-state index is 0. The summed E-state index contributed by atoms with van der Waals surface area (Å²) in [6.45, 7) is 3.86. The van der Waals surface area contributed by atoms with E-state index in [2.05, 4.69) is 36.6 Å². The van der Waals surface area contributed by atoms with E-state index >= 15 is 0 Å². The molecule has 0 heterocycles. The van der Waals surface area contributed by atoms with E-state index in [1.54, 1.807) is 19.1 Å². The summed E-state index contributed by atoms with van der Waals surface area (Å²) >= 11 is 6.58. The second kappa shape index (κ2) is 7.21. The first kappa shape index (κ1) is 18.3. The van der Waals surface area contributed by atoms with Gasteiger partial charge in [-0.3, -0.25) is 0 Å². The molecule has 0 aromatic heterocycles. The van der Waals surface area contributed by atoms with Crippen molar-refractivity contribution < 1.29 is 8.42 Å². The molecule has 0 radical (unpaired) electrons. The number of hydrogen-bond donors (Lipinski definition) is 2. The Kier molecular flexibility index (Phi) is 7.35. The molecule has 0 saturated carbocycles. The molecular formula is C10H15Br2ClN2O2S. The lowest BCUT2D eigenvalue weighted by Crippen LogP contribution is -2.37. The van der Waals surface area contributed by atoms with Crippen LogP contribution in [0.3, 0.4) is 0 Å². The highest BCUT2D eigenvalue weighted by molar-refractivity contribution is 9.11. The first-order valence-corrected chi connectivity index (χ1v) is 8.03. The second-order valence-electron chi connectivity index (χ2n) is 3.79. The average Bonchev–Trinajstić information content (AvgIpc) is 2.22. The van der Waals surface area contributed by atoms with E-state index in [0.717, 1.165) is 10.0 Å². The molecule has 1 atom stereocenters. The number of hydrogen-bond acceptors (Lipinski definition) is 3. The Labute approximate surface area is 130 Å². The third-order valence-corrected chi connectivity index (χ3v) is 5.61. The number of sulfonamides is 1. The van der Waals surface area contributed by atoms with Crippen LogP contribution in [0.5, 0.6) is 0 Å². The van der Waals surface area contributed by atoms with Crippen molar-refractivity contribution in [1.82, 2.24) is 4.72 Å². The normalized spacial score (nSPS) is 12.9. The number of nitrogens with two attached hydrogens (primary N) is 1. The Bertz CT molecular complexity index is 523. The number of halogens is 3. The van der Waals surface area contributed by atoms with Crippen LogP contribution < -0.4 is 10.5 Å². The number of nitrogens with one attached hydrogen (secondary N) is 1. The van der Waals surface area contributed by atoms with Crippen LogP contribution in [0.4, 0.5) is 0 Å². The van der Waals surface area contributed by atoms with Gasteiger partial charge in [-0.25, -0.2) is 13.1 Å². The summed E-state index contributed by atoms with van der Waals surface area (Å²) in [4.78, 5) is 0.204. The average molecular weight is 423 g/mol. The van der Waals surface area contributed by atoms with Crippen molar-refractivity contribution in [1.29, 1.82) is 0 Å². The molecule has 0 spiro atoms. The molecule has 0 amide bonds. The molecule has 1 aromatic rings. The summed E-state index contributed by atoms with van der Waals surface area (Å²) in [5, 5.41) is 0. The zero-order valence-corrected chi connectivity index (χ0v) is 14.7. The SMILES string of the molecule is Cc1cc(Br)c(S(=O)(=O)N[C@H](C)CN)cc1Br.Cl. The largest absolute Gasteiger partial charge is 0.329 e. The zero-order chi connectivity index (χ0) is 13.2. The van der Waals surface area contributed by atoms with Gasteiger partial charge in [-0.15, -0.1) is 12.4 Å². The van der Waals surface area contributed by atoms with Gasteiger partial charge in [-0.1, -0.05) is 15.9 Å². The summed E-state index contributed by atoms with van der Waals surface area (Å²) in [5.74, 6) is 0. The first-order valence-electron chi connectivity index (χ1n) is 4.96. The standard InChI is InChI=1S/C10H14Br2N2O2S.ClH/c1-6-3-9(12)10(4-8(6)11)17(15,16)14-7(2)5-13;/h3-4,7,14H,5,13H2,1-2H3;1H/t7-;/m1./s1. The van der Waals surface area contributed by atoms with Gasteiger partial charge < -0.3 is 5.73 Å². The monoisotopic (exact) mass is 420 g/mol. The van der Waals surface area contributed by atoms with Crippen LogP contribution in [0.25, 0.3) is 0 Å². The molecule has 0 fully saturated rings. The Hall–Kier alpha value is 0.340. The van der Waals surface area contributed by atoms with Crippen molar-refractivity contribution in [2.24, 2.45) is 5.73 Å². The fourth-order valence-electron chi connectivity index (χ4n) is 1.21. The summed E-state index contributed by atoms with van der Waals surface area (Å²) in [7, 11) is -3.55. The minimum atomic E-state index is -3.55. The molecule has 4 nitrogen and oxygen atoms in total. The lowest BCUT2D eigenvalue weighted by molar-refractivity contribution is 0.562. The highest BCUT2D eigenvalue weighted by Gasteiger charge is 2.20. The second-order valence-corrected chi connectivity index (χ2v) is 7.18. The van der Waals surface area contributed by atoms with Crippen molar-refractivity contribution in [3.63, 3.8) is 0 Å². The van der Waals surface area contributed by atoms with Gasteiger partial charge in [0.2, 0.25) is 10.0 Å². The van der Waals surface area contributed by atoms with E-state index in [1.807, 2.05) is 6.92 Å². The van der Waals surface area contributed by atoms with Crippen molar-refractivity contribution in [2.75, 3.05) is 6.54 Å². The molecule has 0 aliphatic carbocycles. The lowest BCUT2D eigenvalue weighted by atomic mass is 10.2. The van der Waals surface area contributed by atoms with Crippen LogP contribution in [-0.2, 0) is 10.0 Å². The van der Waals surface area contributed by atoms with Crippen molar-refractivity contribution in [3.8, 4) is 0 Å². The van der Waals surface area contributed by atoms with Gasteiger partial charge in [-0.05, 0) is 47.5 Å². The van der Waals surface area contributed by atoms with Gasteiger partial charge in [0, 0.05) is 21.5 Å². The number of benzene rings is 1. The highest BCUT2D eigenvalue weighted by Crippen LogP contribution is 2.28. The number of aryl methyl sites for hydroxylation is 1. The van der Waals surface area contributed by atoms with Crippen LogP contribution in [0.15, 0.2) is 26.0 Å². The molecule has 1 rings (SSSR count). The first-order chi connectivity index (χ1) is 7.77. The molecule has 0 bridgehead atoms. The third kappa shape index (κ3) is 4.47. The molecule has 8 heteroatoms. The zero-order valence-electron chi connectivity index (χ0n) is 9.91. The molecule has 0 aliphatic heterocycles. The van der Waals surface area contributed by atoms with Crippen molar-refractivity contribution in [2.45, 2.75) is 24.8 Å². The van der Waals surface area contributed by atoms with Gasteiger partial charge in [-0.2, -0.15) is 0 Å². The van der Waals surface area contributed by atoms with Crippen LogP contribution in [0.2, 0.25) is 0 Å². The summed E-state index contributed by atoms with van der Waals surface area (Å²) in [6, 6.07) is 3.03. The van der Waals surface area contributed by atoms with Crippen LogP contribution in [0, 0.1) is 6.92 Å². The van der Waals surface area contributed by atoms with Crippen LogP contribution >= 0.6 is 44.3 Å². The Morgan fingerprint density at radius 3 is 2.39 bits per heavy atom. The Morgan fingerprint density at radius 2 is 1.89 bits per heavy atom. The van der Waals surface area contributed by atoms with Gasteiger partial charge in [0.05, 0.1) is 4.90 Å². The van der Waals surface area contributed by atoms with Gasteiger partial charge in [0.15, 0.2) is 0 Å². The topological polar surface area (TPSA) is 72.2 Å². The van der Waals surface area contributed by atoms with E-state index < -0.39 is 10.0 Å². The molecule has 1 aromatic carbocycles. The van der Waals surface area contributed by atoms with Gasteiger partial charge in [0.25, 0.3) is 0 Å². The molecule has 0 aliphatic rings. The maximum atomic E-state index is 12.1. The van der Waals surface area contributed by atoms with Gasteiger partial charge in [0.1, 0.15) is 0 Å². The van der Waals surface area contributed by atoms with E-state index in [-0.39, 0.29) is 29.9 Å². The van der Waals surface area contributed by atoms with Crippen molar-refractivity contribution in [3.05, 3.63) is 26.6 Å². The predicted molar refractivity (Wildman–Crippen MR) is 82.7 cm³/mol. The quantitative estimate of drug-likeness (QED) is 0.783. The molecule has 0 unspecified atom stereocenters. The molecule has 104 valence electrons. The van der Waals surface area contributed by atoms with E-state index in [0.29, 0.717) is 4.47 Å². The van der Waals surface area contributed by atoms with E-state index in [9.17, 15) is 8.42 Å². The third-order valence-electron chi connectivity index (χ3n) is 2.21. The highest BCUT2D eigenvalue weighted by atomic mass is 79.9. The maximum absolute atomic E-state index is 12.1. The summed E-state index contributed by atoms with van der Waals surface area (Å²) < 4.78 is 27.9. The van der Waals surface area contributed by atoms with E-state index in [4.69, 9.17) is 5.73 Å². The summed E-state index contributed by atoms with van der Waals surface area (Å²) in [5.41, 5.74) is 6.36. The van der Waals surface area contributed by atoms with Crippen LogP contribution in [0.1, 0.15) is 12.5 Å². The maximum Gasteiger partial charge on any atom is 0.242 e. The predicted octanol–water partition coefficient (Wildman–Crippen LogP) is 2.57. The fraction of sp³-hybridized carbons (Fsp3) is 0.400. The van der Waals surface area contributed by atoms with Gasteiger partial charge >= 0.3 is 0 Å². The molecule has 0 saturated heterocycles. The lowest BCUT2D eigenvalue weighted by Gasteiger charge is -2.14. The smallest absolute Gasteiger partial charge is 0.242 e. The fourth-order valence-corrected chi connectivity index (χ4v) is 4.14. The Morgan fingerprint density at radius 1 is 1.33 bits per heavy atom. The summed E-state index contributed by atoms with van der Waals surface area (Å²) in [6.07, 6.45) is 0.